The molecule has 7 heteroatoms. The molecule has 0 radical (unpaired) electrons. The molecule has 7 nitrogen and oxygen atoms in total. The topological polar surface area (TPSA) is 77.1 Å². The van der Waals surface area contributed by atoms with E-state index in [9.17, 15) is 4.79 Å². The highest BCUT2D eigenvalue weighted by Gasteiger charge is 2.16. The van der Waals surface area contributed by atoms with E-state index in [0.29, 0.717) is 17.9 Å². The van der Waals surface area contributed by atoms with Gasteiger partial charge in [-0.15, -0.1) is 0 Å². The van der Waals surface area contributed by atoms with E-state index in [-0.39, 0.29) is 5.91 Å². The number of carbonyl (C=O) groups is 1. The van der Waals surface area contributed by atoms with Crippen LogP contribution in [0.25, 0.3) is 16.9 Å². The van der Waals surface area contributed by atoms with Crippen molar-refractivity contribution in [3.8, 4) is 11.3 Å². The van der Waals surface area contributed by atoms with Crippen LogP contribution in [0, 0.1) is 6.92 Å². The fraction of sp³-hybridized carbons (Fsp3) is 0.667. The first-order chi connectivity index (χ1) is 18.1. The fourth-order valence-corrected chi connectivity index (χ4v) is 4.93. The van der Waals surface area contributed by atoms with Crippen molar-refractivity contribution in [3.05, 3.63) is 35.9 Å². The number of unbranched alkanes of at least 4 members (excludes halogenated alkanes) is 15. The Kier molecular flexibility index (Phi) is 12.6. The van der Waals surface area contributed by atoms with Gasteiger partial charge in [-0.3, -0.25) is 9.48 Å². The molecule has 0 aliphatic heterocycles. The zero-order chi connectivity index (χ0) is 26.3. The van der Waals surface area contributed by atoms with Gasteiger partial charge in [0.05, 0.1) is 11.9 Å². The van der Waals surface area contributed by atoms with Crippen molar-refractivity contribution in [1.82, 2.24) is 29.7 Å². The van der Waals surface area contributed by atoms with Crippen LogP contribution in [-0.2, 0) is 7.05 Å². The van der Waals surface area contributed by atoms with Crippen LogP contribution >= 0.6 is 0 Å². The van der Waals surface area contributed by atoms with Crippen LogP contribution in [0.2, 0.25) is 0 Å². The van der Waals surface area contributed by atoms with Gasteiger partial charge in [-0.25, -0.2) is 9.50 Å². The minimum atomic E-state index is -0.139. The first kappa shape index (κ1) is 28.9. The molecule has 0 unspecified atom stereocenters. The van der Waals surface area contributed by atoms with E-state index in [4.69, 9.17) is 0 Å². The van der Waals surface area contributed by atoms with Crippen LogP contribution in [0.4, 0.5) is 0 Å². The number of nitrogens with one attached hydrogen (secondary N) is 1. The Hall–Kier alpha value is -2.70. The maximum Gasteiger partial charge on any atom is 0.271 e. The monoisotopic (exact) mass is 508 g/mol. The summed E-state index contributed by atoms with van der Waals surface area (Å²) in [7, 11) is 1.91. The van der Waals surface area contributed by atoms with Crippen LogP contribution < -0.4 is 5.32 Å². The van der Waals surface area contributed by atoms with Gasteiger partial charge in [-0.05, 0) is 19.4 Å². The predicted octanol–water partition coefficient (Wildman–Crippen LogP) is 7.43. The summed E-state index contributed by atoms with van der Waals surface area (Å²) in [5, 5.41) is 11.9. The minimum absolute atomic E-state index is 0.139. The van der Waals surface area contributed by atoms with E-state index in [1.165, 1.54) is 89.9 Å². The molecule has 0 atom stereocenters. The number of hydrogen-bond acceptors (Lipinski definition) is 4. The molecule has 0 aromatic carbocycles. The Morgan fingerprint density at radius 1 is 0.865 bits per heavy atom. The lowest BCUT2D eigenvalue weighted by Gasteiger charge is -2.05. The number of fused-ring (bicyclic) bond motifs is 1. The highest BCUT2D eigenvalue weighted by molar-refractivity contribution is 5.93. The molecule has 0 saturated heterocycles. The molecule has 3 heterocycles. The normalized spacial score (nSPS) is 11.4. The van der Waals surface area contributed by atoms with Crippen molar-refractivity contribution < 1.29 is 4.79 Å². The van der Waals surface area contributed by atoms with Crippen molar-refractivity contribution in [2.24, 2.45) is 7.05 Å². The third kappa shape index (κ3) is 9.28. The van der Waals surface area contributed by atoms with E-state index in [0.717, 1.165) is 29.8 Å². The largest absolute Gasteiger partial charge is 0.351 e. The smallest absolute Gasteiger partial charge is 0.271 e. The summed E-state index contributed by atoms with van der Waals surface area (Å²) in [4.78, 5) is 17.0. The Labute approximate surface area is 223 Å². The highest BCUT2D eigenvalue weighted by Crippen LogP contribution is 2.23. The fourth-order valence-electron chi connectivity index (χ4n) is 4.93. The maximum absolute atomic E-state index is 12.7. The molecule has 1 amide bonds. The van der Waals surface area contributed by atoms with Crippen LogP contribution in [-0.4, -0.2) is 36.8 Å². The van der Waals surface area contributed by atoms with Crippen LogP contribution in [0.1, 0.15) is 126 Å². The molecule has 3 aromatic rings. The first-order valence-electron chi connectivity index (χ1n) is 14.7. The second-order valence-electron chi connectivity index (χ2n) is 10.5. The number of aromatic nitrogens is 5. The maximum atomic E-state index is 12.7. The zero-order valence-electron chi connectivity index (χ0n) is 23.5. The van der Waals surface area contributed by atoms with Crippen LogP contribution in [0.3, 0.4) is 0 Å². The summed E-state index contributed by atoms with van der Waals surface area (Å²) in [6.45, 7) is 4.99. The van der Waals surface area contributed by atoms with Crippen molar-refractivity contribution in [2.75, 3.05) is 6.54 Å². The van der Waals surface area contributed by atoms with Gasteiger partial charge < -0.3 is 5.32 Å². The zero-order valence-corrected chi connectivity index (χ0v) is 23.5. The summed E-state index contributed by atoms with van der Waals surface area (Å²) in [5.74, 6) is -0.139. The van der Waals surface area contributed by atoms with E-state index in [1.54, 1.807) is 16.8 Å². The molecule has 0 fully saturated rings. The summed E-state index contributed by atoms with van der Waals surface area (Å²) in [6, 6.07) is 3.65. The first-order valence-corrected chi connectivity index (χ1v) is 14.7. The third-order valence-electron chi connectivity index (χ3n) is 7.42. The molecule has 0 saturated carbocycles. The molecular formula is C30H48N6O. The molecule has 3 aromatic heterocycles. The SMILES string of the molecule is CCCCCCCCCCCCCCCCCCNC(=O)c1cc2nccc(-c3cnn(C)c3C)n2n1. The summed E-state index contributed by atoms with van der Waals surface area (Å²) in [6.07, 6.45) is 25.1. The van der Waals surface area contributed by atoms with Crippen LogP contribution in [0.5, 0.6) is 0 Å². The molecule has 0 bridgehead atoms. The van der Waals surface area contributed by atoms with Gasteiger partial charge in [0.25, 0.3) is 5.91 Å². The molecule has 37 heavy (non-hydrogen) atoms. The Morgan fingerprint density at radius 3 is 1.97 bits per heavy atom. The standard InChI is InChI=1S/C30H48N6O/c1-4-5-6-7-8-9-10-11-12-13-14-15-16-17-18-19-21-32-30(37)27-23-29-31-22-20-28(36(29)34-27)26-24-33-35(3)25(26)2/h20,22-24H,4-19,21H2,1-3H3,(H,32,37). The number of nitrogens with zero attached hydrogens (tertiary/aromatic N) is 5. The molecule has 0 aliphatic rings. The Morgan fingerprint density at radius 2 is 1.43 bits per heavy atom. The predicted molar refractivity (Wildman–Crippen MR) is 152 cm³/mol. The molecule has 1 N–H and O–H groups in total. The van der Waals surface area contributed by atoms with Gasteiger partial charge in [0.15, 0.2) is 11.3 Å². The average Bonchev–Trinajstić information content (AvgIpc) is 3.49. The number of aryl methyl sites for hydroxylation is 1. The van der Waals surface area contributed by atoms with Gasteiger partial charge in [0.1, 0.15) is 0 Å². The van der Waals surface area contributed by atoms with E-state index in [2.05, 4.69) is 27.4 Å². The number of carbonyl (C=O) groups excluding carboxylic acids is 1. The van der Waals surface area contributed by atoms with Crippen molar-refractivity contribution in [2.45, 2.75) is 117 Å². The summed E-state index contributed by atoms with van der Waals surface area (Å²) < 4.78 is 3.56. The Bertz CT molecular complexity index is 1070. The molecule has 0 spiro atoms. The van der Waals surface area contributed by atoms with Crippen LogP contribution in [0.15, 0.2) is 24.5 Å². The quantitative estimate of drug-likeness (QED) is 0.171. The lowest BCUT2D eigenvalue weighted by Crippen LogP contribution is -2.24. The number of hydrogen-bond donors (Lipinski definition) is 1. The van der Waals surface area contributed by atoms with E-state index in [1.807, 2.05) is 30.9 Å². The molecule has 3 rings (SSSR count). The van der Waals surface area contributed by atoms with Gasteiger partial charge >= 0.3 is 0 Å². The van der Waals surface area contributed by atoms with Gasteiger partial charge in [-0.1, -0.05) is 103 Å². The minimum Gasteiger partial charge on any atom is -0.351 e. The second-order valence-corrected chi connectivity index (χ2v) is 10.5. The number of amides is 1. The lowest BCUT2D eigenvalue weighted by molar-refractivity contribution is 0.0947. The van der Waals surface area contributed by atoms with E-state index < -0.39 is 0 Å². The molecule has 204 valence electrons. The number of rotatable bonds is 19. The van der Waals surface area contributed by atoms with Crippen molar-refractivity contribution in [1.29, 1.82) is 0 Å². The summed E-state index contributed by atoms with van der Waals surface area (Å²) in [5.41, 5.74) is 3.97. The summed E-state index contributed by atoms with van der Waals surface area (Å²) >= 11 is 0. The lowest BCUT2D eigenvalue weighted by atomic mass is 10.0. The van der Waals surface area contributed by atoms with Gasteiger partial charge in [-0.2, -0.15) is 10.2 Å². The second kappa shape index (κ2) is 16.2. The van der Waals surface area contributed by atoms with E-state index >= 15 is 0 Å². The van der Waals surface area contributed by atoms with Crippen molar-refractivity contribution in [3.63, 3.8) is 0 Å². The Balaban J connectivity index is 1.24. The average molecular weight is 509 g/mol. The van der Waals surface area contributed by atoms with Crippen molar-refractivity contribution >= 4 is 11.6 Å². The highest BCUT2D eigenvalue weighted by atomic mass is 16.1. The van der Waals surface area contributed by atoms with Gasteiger partial charge in [0, 0.05) is 37.1 Å². The molecule has 0 aliphatic carbocycles. The van der Waals surface area contributed by atoms with Gasteiger partial charge in [0.2, 0.25) is 0 Å². The molecular weight excluding hydrogens is 460 g/mol. The third-order valence-corrected chi connectivity index (χ3v) is 7.42.